The van der Waals surface area contributed by atoms with Gasteiger partial charge in [-0.1, -0.05) is 41.7 Å². The smallest absolute Gasteiger partial charge is 0.258 e. The molecule has 1 aliphatic heterocycles. The lowest BCUT2D eigenvalue weighted by Gasteiger charge is -2.18. The lowest BCUT2D eigenvalue weighted by atomic mass is 10.1. The van der Waals surface area contributed by atoms with Crippen LogP contribution in [0.1, 0.15) is 23.2 Å². The summed E-state index contributed by atoms with van der Waals surface area (Å²) in [4.78, 5) is 44.2. The number of thiazole rings is 1. The summed E-state index contributed by atoms with van der Waals surface area (Å²) in [5.41, 5.74) is 1.98. The van der Waals surface area contributed by atoms with E-state index in [2.05, 4.69) is 4.98 Å². The van der Waals surface area contributed by atoms with E-state index in [1.807, 2.05) is 42.5 Å². The minimum absolute atomic E-state index is 0.143. The number of carbonyl (C=O) groups excluding carboxylic acids is 3. The van der Waals surface area contributed by atoms with Crippen LogP contribution in [0.5, 0.6) is 0 Å². The second kappa shape index (κ2) is 7.03. The summed E-state index contributed by atoms with van der Waals surface area (Å²) < 4.78 is 0.760. The van der Waals surface area contributed by atoms with Gasteiger partial charge in [-0.15, -0.1) is 0 Å². The van der Waals surface area contributed by atoms with Crippen LogP contribution in [0.3, 0.4) is 0 Å². The molecule has 0 bridgehead atoms. The van der Waals surface area contributed by atoms with Crippen molar-refractivity contribution in [2.45, 2.75) is 12.8 Å². The van der Waals surface area contributed by atoms with Gasteiger partial charge in [0.2, 0.25) is 11.8 Å². The average molecular weight is 415 g/mol. The zero-order valence-corrected chi connectivity index (χ0v) is 17.0. The number of anilines is 2. The molecule has 30 heavy (non-hydrogen) atoms. The molecule has 0 atom stereocenters. The molecule has 0 aliphatic carbocycles. The SMILES string of the molecule is CN(C(=O)c1ccc2nc(N3C(=O)CCC3=O)sc2c1)c1ccc2ccccc2c1. The van der Waals surface area contributed by atoms with Crippen LogP contribution >= 0.6 is 11.3 Å². The predicted molar refractivity (Wildman–Crippen MR) is 118 cm³/mol. The maximum Gasteiger partial charge on any atom is 0.258 e. The first-order chi connectivity index (χ1) is 14.5. The largest absolute Gasteiger partial charge is 0.311 e. The van der Waals surface area contributed by atoms with Crippen LogP contribution < -0.4 is 9.80 Å². The summed E-state index contributed by atoms with van der Waals surface area (Å²) in [6.07, 6.45) is 0.435. The van der Waals surface area contributed by atoms with E-state index in [0.29, 0.717) is 16.2 Å². The molecule has 0 radical (unpaired) electrons. The fraction of sp³-hybridized carbons (Fsp3) is 0.130. The van der Waals surface area contributed by atoms with Gasteiger partial charge in [-0.2, -0.15) is 0 Å². The molecule has 3 amide bonds. The molecule has 5 rings (SSSR count). The van der Waals surface area contributed by atoms with Crippen molar-refractivity contribution in [1.29, 1.82) is 0 Å². The Bertz CT molecular complexity index is 1330. The third-order valence-corrected chi connectivity index (χ3v) is 6.30. The molecule has 1 aromatic heterocycles. The van der Waals surface area contributed by atoms with Gasteiger partial charge in [0.05, 0.1) is 10.2 Å². The summed E-state index contributed by atoms with van der Waals surface area (Å²) in [6.45, 7) is 0. The molecule has 148 valence electrons. The average Bonchev–Trinajstić information content (AvgIpc) is 3.33. The van der Waals surface area contributed by atoms with E-state index in [4.69, 9.17) is 0 Å². The number of aromatic nitrogens is 1. The Hall–Kier alpha value is -3.58. The lowest BCUT2D eigenvalue weighted by Crippen LogP contribution is -2.28. The van der Waals surface area contributed by atoms with E-state index in [-0.39, 0.29) is 30.6 Å². The van der Waals surface area contributed by atoms with Gasteiger partial charge in [0, 0.05) is 31.1 Å². The molecule has 0 saturated carbocycles. The molecule has 1 fully saturated rings. The topological polar surface area (TPSA) is 70.6 Å². The maximum absolute atomic E-state index is 13.1. The Morgan fingerprint density at radius 3 is 2.47 bits per heavy atom. The molecular formula is C23H17N3O3S. The second-order valence-corrected chi connectivity index (χ2v) is 8.21. The molecule has 1 saturated heterocycles. The van der Waals surface area contributed by atoms with Crippen molar-refractivity contribution in [2.75, 3.05) is 16.8 Å². The van der Waals surface area contributed by atoms with Crippen LogP contribution in [0.15, 0.2) is 60.7 Å². The molecule has 4 aromatic rings. The number of nitrogens with zero attached hydrogens (tertiary/aromatic N) is 3. The molecule has 1 aliphatic rings. The van der Waals surface area contributed by atoms with E-state index in [1.54, 1.807) is 30.1 Å². The van der Waals surface area contributed by atoms with Gasteiger partial charge in [0.1, 0.15) is 0 Å². The normalized spacial score (nSPS) is 14.1. The molecule has 2 heterocycles. The van der Waals surface area contributed by atoms with E-state index in [0.717, 1.165) is 26.1 Å². The number of hydrogen-bond donors (Lipinski definition) is 0. The molecule has 0 N–H and O–H groups in total. The monoisotopic (exact) mass is 415 g/mol. The van der Waals surface area contributed by atoms with Crippen molar-refractivity contribution >= 4 is 60.9 Å². The van der Waals surface area contributed by atoms with Crippen molar-refractivity contribution < 1.29 is 14.4 Å². The van der Waals surface area contributed by atoms with Gasteiger partial charge in [0.25, 0.3) is 5.91 Å². The summed E-state index contributed by atoms with van der Waals surface area (Å²) in [7, 11) is 1.75. The minimum Gasteiger partial charge on any atom is -0.311 e. The summed E-state index contributed by atoms with van der Waals surface area (Å²) in [5, 5.41) is 2.55. The number of rotatable bonds is 3. The Morgan fingerprint density at radius 1 is 0.967 bits per heavy atom. The quantitative estimate of drug-likeness (QED) is 0.466. The summed E-state index contributed by atoms with van der Waals surface area (Å²) >= 11 is 1.25. The number of benzene rings is 3. The Kier molecular flexibility index (Phi) is 4.33. The zero-order chi connectivity index (χ0) is 20.8. The van der Waals surface area contributed by atoms with Crippen LogP contribution in [0, 0.1) is 0 Å². The van der Waals surface area contributed by atoms with E-state index < -0.39 is 0 Å². The van der Waals surface area contributed by atoms with Crippen molar-refractivity contribution in [3.05, 3.63) is 66.2 Å². The fourth-order valence-electron chi connectivity index (χ4n) is 3.63. The maximum atomic E-state index is 13.1. The van der Waals surface area contributed by atoms with Crippen molar-refractivity contribution in [1.82, 2.24) is 4.98 Å². The van der Waals surface area contributed by atoms with Crippen LogP contribution in [0.4, 0.5) is 10.8 Å². The third kappa shape index (κ3) is 3.04. The van der Waals surface area contributed by atoms with Crippen LogP contribution in [0.25, 0.3) is 21.0 Å². The fourth-order valence-corrected chi connectivity index (χ4v) is 4.67. The highest BCUT2D eigenvalue weighted by molar-refractivity contribution is 7.22. The molecule has 3 aromatic carbocycles. The Balaban J connectivity index is 1.46. The Morgan fingerprint density at radius 2 is 1.70 bits per heavy atom. The van der Waals surface area contributed by atoms with E-state index in [1.165, 1.54) is 11.3 Å². The molecule has 0 unspecified atom stereocenters. The van der Waals surface area contributed by atoms with Gasteiger partial charge >= 0.3 is 0 Å². The zero-order valence-electron chi connectivity index (χ0n) is 16.2. The van der Waals surface area contributed by atoms with Gasteiger partial charge in [-0.3, -0.25) is 14.4 Å². The van der Waals surface area contributed by atoms with E-state index >= 15 is 0 Å². The van der Waals surface area contributed by atoms with Gasteiger partial charge in [-0.05, 0) is 41.1 Å². The first-order valence-corrected chi connectivity index (χ1v) is 10.4. The van der Waals surface area contributed by atoms with Gasteiger partial charge < -0.3 is 4.90 Å². The van der Waals surface area contributed by atoms with Crippen LogP contribution in [-0.4, -0.2) is 29.8 Å². The van der Waals surface area contributed by atoms with Crippen LogP contribution in [0.2, 0.25) is 0 Å². The van der Waals surface area contributed by atoms with E-state index in [9.17, 15) is 14.4 Å². The van der Waals surface area contributed by atoms with Crippen molar-refractivity contribution in [2.24, 2.45) is 0 Å². The first-order valence-electron chi connectivity index (χ1n) is 9.54. The standard InChI is InChI=1S/C23H17N3O3S/c1-25(17-8-6-14-4-2-3-5-15(14)12-17)22(29)16-7-9-18-19(13-16)30-23(24-18)26-20(27)10-11-21(26)28/h2-9,12-13H,10-11H2,1H3. The highest BCUT2D eigenvalue weighted by Crippen LogP contribution is 2.33. The predicted octanol–water partition coefficient (Wildman–Crippen LogP) is 4.38. The second-order valence-electron chi connectivity index (χ2n) is 7.20. The molecular weight excluding hydrogens is 398 g/mol. The summed E-state index contributed by atoms with van der Waals surface area (Å²) in [6, 6.07) is 19.2. The first kappa shape index (κ1) is 18.4. The number of amides is 3. The molecule has 7 heteroatoms. The minimum atomic E-state index is -0.230. The molecule has 6 nitrogen and oxygen atoms in total. The van der Waals surface area contributed by atoms with Crippen LogP contribution in [-0.2, 0) is 9.59 Å². The van der Waals surface area contributed by atoms with Crippen molar-refractivity contribution in [3.63, 3.8) is 0 Å². The highest BCUT2D eigenvalue weighted by Gasteiger charge is 2.32. The number of carbonyl (C=O) groups is 3. The number of fused-ring (bicyclic) bond motifs is 2. The lowest BCUT2D eigenvalue weighted by molar-refractivity contribution is -0.121. The van der Waals surface area contributed by atoms with Crippen molar-refractivity contribution in [3.8, 4) is 0 Å². The summed E-state index contributed by atoms with van der Waals surface area (Å²) in [5.74, 6) is -0.603. The van der Waals surface area contributed by atoms with Gasteiger partial charge in [0.15, 0.2) is 5.13 Å². The van der Waals surface area contributed by atoms with Gasteiger partial charge in [-0.25, -0.2) is 9.88 Å². The Labute approximate surface area is 176 Å². The molecule has 0 spiro atoms. The number of imide groups is 1. The third-order valence-electron chi connectivity index (χ3n) is 5.29. The number of hydrogen-bond acceptors (Lipinski definition) is 5. The highest BCUT2D eigenvalue weighted by atomic mass is 32.1.